The molecule has 0 aromatic heterocycles. The van der Waals surface area contributed by atoms with Crippen LogP contribution in [0.2, 0.25) is 0 Å². The van der Waals surface area contributed by atoms with Gasteiger partial charge in [0.1, 0.15) is 0 Å². The molecular weight excluding hydrogens is 264 g/mol. The quantitative estimate of drug-likeness (QED) is 0.648. The van der Waals surface area contributed by atoms with Gasteiger partial charge in [0.05, 0.1) is 0 Å². The molecule has 1 aliphatic heterocycles. The maximum absolute atomic E-state index is 3.86. The Bertz CT molecular complexity index is 251. The van der Waals surface area contributed by atoms with Crippen LogP contribution in [0.3, 0.4) is 0 Å². The van der Waals surface area contributed by atoms with E-state index >= 15 is 0 Å². The highest BCUT2D eigenvalue weighted by Gasteiger charge is 2.37. The van der Waals surface area contributed by atoms with Gasteiger partial charge in [0, 0.05) is 24.7 Å². The average Bonchev–Trinajstić information content (AvgIpc) is 2.46. The first kappa shape index (κ1) is 18.3. The minimum atomic E-state index is 0.366. The predicted octanol–water partition coefficient (Wildman–Crippen LogP) is 4.01. The highest BCUT2D eigenvalue weighted by Crippen LogP contribution is 2.26. The smallest absolute Gasteiger partial charge is 0.0304 e. The third kappa shape index (κ3) is 5.23. The van der Waals surface area contributed by atoms with Crippen LogP contribution in [-0.2, 0) is 0 Å². The first-order valence-electron chi connectivity index (χ1n) is 8.56. The summed E-state index contributed by atoms with van der Waals surface area (Å²) in [5.74, 6) is 2.07. The molecule has 0 aliphatic carbocycles. The van der Waals surface area contributed by atoms with Crippen molar-refractivity contribution in [3.8, 4) is 0 Å². The molecule has 20 heavy (non-hydrogen) atoms. The summed E-state index contributed by atoms with van der Waals surface area (Å²) in [6.45, 7) is 13.1. The number of nitrogens with one attached hydrogen (secondary N) is 1. The Morgan fingerprint density at radius 1 is 1.20 bits per heavy atom. The van der Waals surface area contributed by atoms with Gasteiger partial charge in [-0.25, -0.2) is 0 Å². The fourth-order valence-electron chi connectivity index (χ4n) is 3.38. The van der Waals surface area contributed by atoms with Gasteiger partial charge >= 0.3 is 0 Å². The van der Waals surface area contributed by atoms with Crippen LogP contribution >= 0.6 is 11.8 Å². The summed E-state index contributed by atoms with van der Waals surface area (Å²) in [7, 11) is 0. The molecule has 1 rings (SSSR count). The van der Waals surface area contributed by atoms with Gasteiger partial charge in [0.15, 0.2) is 0 Å². The Hall–Kier alpha value is 0.270. The third-order valence-electron chi connectivity index (χ3n) is 5.08. The van der Waals surface area contributed by atoms with E-state index in [9.17, 15) is 0 Å². The molecule has 0 amide bonds. The summed E-state index contributed by atoms with van der Waals surface area (Å²) < 4.78 is 0. The molecule has 3 heteroatoms. The summed E-state index contributed by atoms with van der Waals surface area (Å²) in [6, 6.07) is 0.724. The van der Waals surface area contributed by atoms with Crippen LogP contribution in [0.1, 0.15) is 59.8 Å². The normalized spacial score (nSPS) is 23.4. The minimum Gasteiger partial charge on any atom is -0.308 e. The molecule has 1 unspecified atom stereocenters. The summed E-state index contributed by atoms with van der Waals surface area (Å²) in [5, 5.41) is 3.86. The zero-order valence-electron chi connectivity index (χ0n) is 14.4. The fraction of sp³-hybridized carbons (Fsp3) is 1.00. The second kappa shape index (κ2) is 9.32. The van der Waals surface area contributed by atoms with Crippen molar-refractivity contribution in [1.82, 2.24) is 10.2 Å². The molecule has 0 aromatic rings. The molecule has 1 atom stereocenters. The number of hydrogen-bond acceptors (Lipinski definition) is 3. The van der Waals surface area contributed by atoms with Gasteiger partial charge in [0.2, 0.25) is 0 Å². The third-order valence-corrected chi connectivity index (χ3v) is 5.77. The van der Waals surface area contributed by atoms with Crippen molar-refractivity contribution in [3.05, 3.63) is 0 Å². The van der Waals surface area contributed by atoms with Crippen LogP contribution in [0.4, 0.5) is 0 Å². The van der Waals surface area contributed by atoms with Gasteiger partial charge in [-0.1, -0.05) is 34.1 Å². The molecule has 1 fully saturated rings. The lowest BCUT2D eigenvalue weighted by molar-refractivity contribution is 0.0492. The molecule has 0 spiro atoms. The van der Waals surface area contributed by atoms with Crippen molar-refractivity contribution in [3.63, 3.8) is 0 Å². The minimum absolute atomic E-state index is 0.366. The Morgan fingerprint density at radius 3 is 2.45 bits per heavy atom. The number of hydrogen-bond donors (Lipinski definition) is 1. The van der Waals surface area contributed by atoms with E-state index in [1.807, 2.05) is 11.8 Å². The largest absolute Gasteiger partial charge is 0.308 e. The molecule has 1 aliphatic rings. The maximum Gasteiger partial charge on any atom is 0.0304 e. The number of unbranched alkanes of at least 4 members (excludes halogenated alkanes) is 2. The van der Waals surface area contributed by atoms with Gasteiger partial charge in [-0.15, -0.1) is 0 Å². The van der Waals surface area contributed by atoms with E-state index in [1.54, 1.807) is 0 Å². The van der Waals surface area contributed by atoms with Gasteiger partial charge in [0.25, 0.3) is 0 Å². The van der Waals surface area contributed by atoms with E-state index in [4.69, 9.17) is 0 Å². The molecule has 120 valence electrons. The van der Waals surface area contributed by atoms with Gasteiger partial charge in [-0.05, 0) is 50.2 Å². The van der Waals surface area contributed by atoms with Gasteiger partial charge in [-0.2, -0.15) is 11.8 Å². The molecule has 0 aromatic carbocycles. The molecule has 0 radical (unpaired) electrons. The van der Waals surface area contributed by atoms with E-state index < -0.39 is 0 Å². The molecule has 1 saturated heterocycles. The molecule has 1 heterocycles. The van der Waals surface area contributed by atoms with E-state index in [0.717, 1.165) is 12.0 Å². The van der Waals surface area contributed by atoms with E-state index in [-0.39, 0.29) is 0 Å². The lowest BCUT2D eigenvalue weighted by Crippen LogP contribution is -2.65. The van der Waals surface area contributed by atoms with Crippen LogP contribution in [0.15, 0.2) is 0 Å². The first-order valence-corrected chi connectivity index (χ1v) is 9.96. The van der Waals surface area contributed by atoms with Crippen molar-refractivity contribution in [2.75, 3.05) is 31.6 Å². The Labute approximate surface area is 131 Å². The van der Waals surface area contributed by atoms with Crippen molar-refractivity contribution in [2.45, 2.75) is 71.4 Å². The Morgan fingerprint density at radius 2 is 1.90 bits per heavy atom. The summed E-state index contributed by atoms with van der Waals surface area (Å²) in [5.41, 5.74) is 0.366. The van der Waals surface area contributed by atoms with Crippen LogP contribution in [-0.4, -0.2) is 48.1 Å². The van der Waals surface area contributed by atoms with E-state index in [2.05, 4.69) is 44.2 Å². The Kier molecular flexibility index (Phi) is 8.54. The summed E-state index contributed by atoms with van der Waals surface area (Å²) in [4.78, 5) is 2.78. The van der Waals surface area contributed by atoms with Crippen molar-refractivity contribution < 1.29 is 0 Å². The highest BCUT2D eigenvalue weighted by molar-refractivity contribution is 7.98. The lowest BCUT2D eigenvalue weighted by Gasteiger charge is -2.49. The standard InChI is InChI=1S/C17H36N2S/c1-6-17(7-2)14-19(11-9-8-10-12-20-5)16(13-18-17)15(3)4/h15-16,18H,6-14H2,1-5H3. The zero-order valence-corrected chi connectivity index (χ0v) is 15.2. The highest BCUT2D eigenvalue weighted by atomic mass is 32.2. The van der Waals surface area contributed by atoms with Gasteiger partial charge in [-0.3, -0.25) is 4.90 Å². The number of thioether (sulfide) groups is 1. The molecule has 1 N–H and O–H groups in total. The van der Waals surface area contributed by atoms with Crippen molar-refractivity contribution in [1.29, 1.82) is 0 Å². The van der Waals surface area contributed by atoms with Crippen LogP contribution in [0.5, 0.6) is 0 Å². The number of rotatable bonds is 9. The van der Waals surface area contributed by atoms with E-state index in [0.29, 0.717) is 5.54 Å². The fourth-order valence-corrected chi connectivity index (χ4v) is 3.87. The Balaban J connectivity index is 2.51. The van der Waals surface area contributed by atoms with Crippen molar-refractivity contribution >= 4 is 11.8 Å². The lowest BCUT2D eigenvalue weighted by atomic mass is 9.86. The average molecular weight is 301 g/mol. The van der Waals surface area contributed by atoms with E-state index in [1.165, 1.54) is 57.5 Å². The number of piperazine rings is 1. The maximum atomic E-state index is 3.86. The zero-order chi connectivity index (χ0) is 15.0. The second-order valence-corrected chi connectivity index (χ2v) is 7.69. The molecular formula is C17H36N2S. The van der Waals surface area contributed by atoms with Crippen LogP contribution < -0.4 is 5.32 Å². The second-order valence-electron chi connectivity index (χ2n) is 6.70. The molecule has 0 saturated carbocycles. The topological polar surface area (TPSA) is 15.3 Å². The van der Waals surface area contributed by atoms with Crippen LogP contribution in [0, 0.1) is 5.92 Å². The summed E-state index contributed by atoms with van der Waals surface area (Å²) >= 11 is 1.98. The molecule has 0 bridgehead atoms. The summed E-state index contributed by atoms with van der Waals surface area (Å²) in [6.07, 6.45) is 8.84. The van der Waals surface area contributed by atoms with Crippen molar-refractivity contribution in [2.24, 2.45) is 5.92 Å². The van der Waals surface area contributed by atoms with Crippen LogP contribution in [0.25, 0.3) is 0 Å². The SMILES string of the molecule is CCC1(CC)CN(CCCCCSC)C(C(C)C)CN1. The first-order chi connectivity index (χ1) is 9.58. The molecule has 2 nitrogen and oxygen atoms in total. The predicted molar refractivity (Wildman–Crippen MR) is 93.7 cm³/mol. The monoisotopic (exact) mass is 300 g/mol. The number of nitrogens with zero attached hydrogens (tertiary/aromatic N) is 1. The van der Waals surface area contributed by atoms with Gasteiger partial charge < -0.3 is 5.32 Å².